The predicted molar refractivity (Wildman–Crippen MR) is 89.6 cm³/mol. The molecule has 1 aliphatic carbocycles. The minimum Gasteiger partial charge on any atom is -0.492 e. The first kappa shape index (κ1) is 16.3. The van der Waals surface area contributed by atoms with Crippen molar-refractivity contribution in [1.82, 2.24) is 14.8 Å². The first-order valence-corrected chi connectivity index (χ1v) is 7.89. The van der Waals surface area contributed by atoms with E-state index in [4.69, 9.17) is 14.3 Å². The van der Waals surface area contributed by atoms with Crippen LogP contribution in [0.5, 0.6) is 0 Å². The minimum absolute atomic E-state index is 0.114. The summed E-state index contributed by atoms with van der Waals surface area (Å²) in [5.41, 5.74) is 1.80. The molecule has 0 bridgehead atoms. The molecule has 7 heteroatoms. The van der Waals surface area contributed by atoms with Gasteiger partial charge in [-0.3, -0.25) is 0 Å². The Kier molecular flexibility index (Phi) is 4.42. The van der Waals surface area contributed by atoms with Crippen LogP contribution in [0.2, 0.25) is 0 Å². The van der Waals surface area contributed by atoms with E-state index in [0.717, 1.165) is 29.2 Å². The predicted octanol–water partition coefficient (Wildman–Crippen LogP) is 3.10. The lowest BCUT2D eigenvalue weighted by Crippen LogP contribution is -2.16. The number of nitrogens with zero attached hydrogens (tertiary/aromatic N) is 4. The van der Waals surface area contributed by atoms with Crippen molar-refractivity contribution in [2.75, 3.05) is 13.7 Å². The standard InChI is InChI=1S/C17H22N4O3/c1-12-9-13(20-22-4)5-6-14(12)24-16(21-11-18-10-19-21)15-17(2,3)7-8-23-15/h5-6,10-11H,7-9H2,1-4H3. The van der Waals surface area contributed by atoms with Crippen molar-refractivity contribution >= 4 is 11.6 Å². The zero-order valence-corrected chi connectivity index (χ0v) is 14.4. The molecular weight excluding hydrogens is 308 g/mol. The van der Waals surface area contributed by atoms with Gasteiger partial charge in [-0.1, -0.05) is 19.0 Å². The van der Waals surface area contributed by atoms with Gasteiger partial charge < -0.3 is 14.3 Å². The van der Waals surface area contributed by atoms with Crippen molar-refractivity contribution in [3.8, 4) is 0 Å². The van der Waals surface area contributed by atoms with Crippen LogP contribution in [0.1, 0.15) is 33.6 Å². The van der Waals surface area contributed by atoms with Gasteiger partial charge in [-0.25, -0.2) is 4.98 Å². The van der Waals surface area contributed by atoms with Crippen molar-refractivity contribution < 1.29 is 14.3 Å². The molecule has 0 unspecified atom stereocenters. The lowest BCUT2D eigenvalue weighted by Gasteiger charge is -2.22. The Morgan fingerprint density at radius 1 is 1.38 bits per heavy atom. The molecule has 0 radical (unpaired) electrons. The van der Waals surface area contributed by atoms with Crippen molar-refractivity contribution in [2.45, 2.75) is 33.6 Å². The molecule has 0 aromatic carbocycles. The third-order valence-electron chi connectivity index (χ3n) is 4.12. The van der Waals surface area contributed by atoms with Crippen LogP contribution in [-0.2, 0) is 14.3 Å². The van der Waals surface area contributed by atoms with E-state index < -0.39 is 0 Å². The normalized spacial score (nSPS) is 23.4. The zero-order valence-electron chi connectivity index (χ0n) is 14.4. The molecule has 0 saturated carbocycles. The molecule has 1 aliphatic heterocycles. The van der Waals surface area contributed by atoms with E-state index in [2.05, 4.69) is 29.1 Å². The van der Waals surface area contributed by atoms with Crippen LogP contribution in [0.25, 0.3) is 5.88 Å². The lowest BCUT2D eigenvalue weighted by atomic mass is 9.89. The first-order valence-electron chi connectivity index (χ1n) is 7.89. The molecule has 1 aromatic rings. The van der Waals surface area contributed by atoms with Crippen molar-refractivity contribution in [3.63, 3.8) is 0 Å². The van der Waals surface area contributed by atoms with Gasteiger partial charge in [0.05, 0.1) is 12.3 Å². The van der Waals surface area contributed by atoms with Crippen LogP contribution in [0.4, 0.5) is 0 Å². The van der Waals surface area contributed by atoms with Crippen LogP contribution in [0.3, 0.4) is 0 Å². The van der Waals surface area contributed by atoms with E-state index in [9.17, 15) is 0 Å². The number of ether oxygens (including phenoxy) is 2. The molecule has 0 amide bonds. The van der Waals surface area contributed by atoms with E-state index in [1.807, 2.05) is 19.1 Å². The third-order valence-corrected chi connectivity index (χ3v) is 4.12. The topological polar surface area (TPSA) is 70.8 Å². The summed E-state index contributed by atoms with van der Waals surface area (Å²) in [7, 11) is 1.54. The fourth-order valence-corrected chi connectivity index (χ4v) is 2.72. The summed E-state index contributed by atoms with van der Waals surface area (Å²) in [6.07, 6.45) is 8.46. The maximum atomic E-state index is 6.21. The summed E-state index contributed by atoms with van der Waals surface area (Å²) in [5.74, 6) is 2.11. The molecule has 3 rings (SSSR count). The van der Waals surface area contributed by atoms with Crippen LogP contribution in [0, 0.1) is 5.41 Å². The Hall–Kier alpha value is -2.57. The molecule has 24 heavy (non-hydrogen) atoms. The summed E-state index contributed by atoms with van der Waals surface area (Å²) in [6, 6.07) is 0. The smallest absolute Gasteiger partial charge is 0.261 e. The summed E-state index contributed by atoms with van der Waals surface area (Å²) in [6.45, 7) is 6.95. The molecule has 128 valence electrons. The average Bonchev–Trinajstić information content (AvgIpc) is 3.17. The SMILES string of the molecule is CON=C1C=CC(OC(=C2OCCC2(C)C)n2cncn2)=C(C)C1. The highest BCUT2D eigenvalue weighted by atomic mass is 16.6. The summed E-state index contributed by atoms with van der Waals surface area (Å²) in [5, 5.41) is 8.19. The number of hydrogen-bond acceptors (Lipinski definition) is 6. The monoisotopic (exact) mass is 330 g/mol. The van der Waals surface area contributed by atoms with E-state index >= 15 is 0 Å². The maximum Gasteiger partial charge on any atom is 0.261 e. The fraction of sp³-hybridized carbons (Fsp3) is 0.471. The molecule has 1 aromatic heterocycles. The fourth-order valence-electron chi connectivity index (χ4n) is 2.72. The van der Waals surface area contributed by atoms with E-state index in [-0.39, 0.29) is 5.41 Å². The molecule has 0 atom stereocenters. The Morgan fingerprint density at radius 3 is 2.79 bits per heavy atom. The van der Waals surface area contributed by atoms with Gasteiger partial charge in [-0.15, -0.1) is 0 Å². The summed E-state index contributed by atoms with van der Waals surface area (Å²) in [4.78, 5) is 8.86. The van der Waals surface area contributed by atoms with Crippen LogP contribution in [-0.4, -0.2) is 34.2 Å². The molecular formula is C17H22N4O3. The van der Waals surface area contributed by atoms with Crippen LogP contribution in [0.15, 0.2) is 47.1 Å². The first-order chi connectivity index (χ1) is 11.5. The summed E-state index contributed by atoms with van der Waals surface area (Å²) < 4.78 is 13.7. The molecule has 1 saturated heterocycles. The molecule has 0 N–H and O–H groups in total. The minimum atomic E-state index is -0.114. The van der Waals surface area contributed by atoms with Crippen molar-refractivity contribution in [2.24, 2.45) is 10.6 Å². The van der Waals surface area contributed by atoms with Crippen molar-refractivity contribution in [1.29, 1.82) is 0 Å². The quantitative estimate of drug-likeness (QED) is 0.626. The summed E-state index contributed by atoms with van der Waals surface area (Å²) >= 11 is 0. The number of allylic oxidation sites excluding steroid dienone is 4. The van der Waals surface area contributed by atoms with E-state index in [0.29, 0.717) is 18.9 Å². The van der Waals surface area contributed by atoms with E-state index in [1.54, 1.807) is 18.1 Å². The highest BCUT2D eigenvalue weighted by Crippen LogP contribution is 2.41. The molecule has 2 heterocycles. The molecule has 7 nitrogen and oxygen atoms in total. The van der Waals surface area contributed by atoms with E-state index in [1.165, 1.54) is 6.33 Å². The molecule has 0 spiro atoms. The highest BCUT2D eigenvalue weighted by molar-refractivity contribution is 5.97. The second-order valence-electron chi connectivity index (χ2n) is 6.48. The molecule has 2 aliphatic rings. The van der Waals surface area contributed by atoms with Gasteiger partial charge in [0.15, 0.2) is 5.76 Å². The number of hydrogen-bond donors (Lipinski definition) is 0. The third kappa shape index (κ3) is 3.20. The Labute approximate surface area is 141 Å². The Balaban J connectivity index is 1.95. The van der Waals surface area contributed by atoms with Crippen LogP contribution < -0.4 is 0 Å². The van der Waals surface area contributed by atoms with Crippen LogP contribution >= 0.6 is 0 Å². The average molecular weight is 330 g/mol. The zero-order chi connectivity index (χ0) is 17.2. The maximum absolute atomic E-state index is 6.21. The lowest BCUT2D eigenvalue weighted by molar-refractivity contribution is 0.213. The van der Waals surface area contributed by atoms with Gasteiger partial charge >= 0.3 is 0 Å². The number of rotatable bonds is 4. The second-order valence-corrected chi connectivity index (χ2v) is 6.48. The van der Waals surface area contributed by atoms with Gasteiger partial charge in [0.25, 0.3) is 5.88 Å². The highest BCUT2D eigenvalue weighted by Gasteiger charge is 2.36. The second kappa shape index (κ2) is 6.51. The van der Waals surface area contributed by atoms with Crippen molar-refractivity contribution in [3.05, 3.63) is 41.9 Å². The molecule has 1 fully saturated rings. The Morgan fingerprint density at radius 2 is 2.21 bits per heavy atom. The number of aromatic nitrogens is 3. The van der Waals surface area contributed by atoms with Gasteiger partial charge in [0, 0.05) is 11.8 Å². The Bertz CT molecular complexity index is 727. The van der Waals surface area contributed by atoms with Gasteiger partial charge in [0.1, 0.15) is 25.5 Å². The largest absolute Gasteiger partial charge is 0.492 e. The van der Waals surface area contributed by atoms with Gasteiger partial charge in [-0.2, -0.15) is 9.78 Å². The number of oxime groups is 1. The van der Waals surface area contributed by atoms with Gasteiger partial charge in [0.2, 0.25) is 0 Å². The van der Waals surface area contributed by atoms with Gasteiger partial charge in [-0.05, 0) is 31.1 Å².